The van der Waals surface area contributed by atoms with Gasteiger partial charge in [-0.2, -0.15) is 0 Å². The van der Waals surface area contributed by atoms with Gasteiger partial charge in [0.25, 0.3) is 0 Å². The van der Waals surface area contributed by atoms with Gasteiger partial charge in [-0.25, -0.2) is 4.39 Å². The number of aliphatic hydroxyl groups excluding tert-OH is 1. The molecule has 2 nitrogen and oxygen atoms in total. The van der Waals surface area contributed by atoms with Crippen molar-refractivity contribution in [2.45, 2.75) is 44.2 Å². The van der Waals surface area contributed by atoms with Crippen LogP contribution in [0.15, 0.2) is 60.7 Å². The highest BCUT2D eigenvalue weighted by Crippen LogP contribution is 2.29. The van der Waals surface area contributed by atoms with Gasteiger partial charge in [0.2, 0.25) is 0 Å². The highest BCUT2D eigenvalue weighted by atomic mass is 19.1. The zero-order valence-electron chi connectivity index (χ0n) is 12.6. The van der Waals surface area contributed by atoms with Gasteiger partial charge in [0.15, 0.2) is 0 Å². The summed E-state index contributed by atoms with van der Waals surface area (Å²) < 4.78 is 13.7. The minimum Gasteiger partial charge on any atom is -0.388 e. The maximum absolute atomic E-state index is 13.7. The SMILES string of the molecule is OC1[C@H](N(Cc2ccccc2)Cc2ccccc2)CC[C@@H]1F. The van der Waals surface area contributed by atoms with Gasteiger partial charge in [0, 0.05) is 19.1 Å². The molecule has 2 aromatic carbocycles. The van der Waals surface area contributed by atoms with E-state index in [4.69, 9.17) is 0 Å². The van der Waals surface area contributed by atoms with E-state index in [9.17, 15) is 9.50 Å². The van der Waals surface area contributed by atoms with Gasteiger partial charge in [0.05, 0.1) is 0 Å². The molecule has 0 heterocycles. The zero-order valence-corrected chi connectivity index (χ0v) is 12.6. The lowest BCUT2D eigenvalue weighted by molar-refractivity contribution is 0.0259. The number of hydrogen-bond donors (Lipinski definition) is 1. The number of halogens is 1. The zero-order chi connectivity index (χ0) is 15.4. The molecule has 22 heavy (non-hydrogen) atoms. The van der Waals surface area contributed by atoms with Gasteiger partial charge in [0.1, 0.15) is 12.3 Å². The fourth-order valence-corrected chi connectivity index (χ4v) is 3.24. The van der Waals surface area contributed by atoms with Gasteiger partial charge in [-0.1, -0.05) is 60.7 Å². The first-order valence-corrected chi connectivity index (χ1v) is 7.88. The smallest absolute Gasteiger partial charge is 0.127 e. The average molecular weight is 299 g/mol. The van der Waals surface area contributed by atoms with Crippen LogP contribution in [0.25, 0.3) is 0 Å². The van der Waals surface area contributed by atoms with Crippen LogP contribution < -0.4 is 0 Å². The first-order valence-electron chi connectivity index (χ1n) is 7.88. The molecule has 1 unspecified atom stereocenters. The summed E-state index contributed by atoms with van der Waals surface area (Å²) in [5.41, 5.74) is 2.38. The minimum absolute atomic E-state index is 0.115. The van der Waals surface area contributed by atoms with E-state index in [1.165, 1.54) is 11.1 Å². The molecule has 3 rings (SSSR count). The molecule has 1 aliphatic rings. The Kier molecular flexibility index (Phi) is 4.86. The lowest BCUT2D eigenvalue weighted by Gasteiger charge is -2.31. The second-order valence-corrected chi connectivity index (χ2v) is 6.03. The Morgan fingerprint density at radius 1 is 0.864 bits per heavy atom. The molecule has 0 bridgehead atoms. The summed E-state index contributed by atoms with van der Waals surface area (Å²) in [5.74, 6) is 0. The molecule has 3 heteroatoms. The average Bonchev–Trinajstić information content (AvgIpc) is 2.88. The number of benzene rings is 2. The third-order valence-electron chi connectivity index (χ3n) is 4.43. The van der Waals surface area contributed by atoms with Crippen molar-refractivity contribution in [3.05, 3.63) is 71.8 Å². The molecule has 0 radical (unpaired) electrons. The number of alkyl halides is 1. The largest absolute Gasteiger partial charge is 0.388 e. The van der Waals surface area contributed by atoms with Crippen molar-refractivity contribution in [3.63, 3.8) is 0 Å². The predicted molar refractivity (Wildman–Crippen MR) is 86.1 cm³/mol. The van der Waals surface area contributed by atoms with Crippen molar-refractivity contribution >= 4 is 0 Å². The fourth-order valence-electron chi connectivity index (χ4n) is 3.24. The van der Waals surface area contributed by atoms with E-state index in [2.05, 4.69) is 29.2 Å². The van der Waals surface area contributed by atoms with Crippen LogP contribution in [0.1, 0.15) is 24.0 Å². The quantitative estimate of drug-likeness (QED) is 0.912. The number of hydrogen-bond acceptors (Lipinski definition) is 2. The Morgan fingerprint density at radius 2 is 1.36 bits per heavy atom. The third kappa shape index (κ3) is 3.54. The number of rotatable bonds is 5. The molecule has 3 atom stereocenters. The third-order valence-corrected chi connectivity index (χ3v) is 4.43. The van der Waals surface area contributed by atoms with E-state index in [0.717, 1.165) is 13.1 Å². The van der Waals surface area contributed by atoms with E-state index in [0.29, 0.717) is 12.8 Å². The minimum atomic E-state index is -1.10. The van der Waals surface area contributed by atoms with Crippen LogP contribution in [-0.2, 0) is 13.1 Å². The van der Waals surface area contributed by atoms with E-state index in [1.807, 2.05) is 36.4 Å². The van der Waals surface area contributed by atoms with Gasteiger partial charge < -0.3 is 5.11 Å². The topological polar surface area (TPSA) is 23.5 Å². The Bertz CT molecular complexity index is 533. The molecular weight excluding hydrogens is 277 g/mol. The monoisotopic (exact) mass is 299 g/mol. The molecule has 0 spiro atoms. The van der Waals surface area contributed by atoms with Crippen molar-refractivity contribution in [1.82, 2.24) is 4.90 Å². The lowest BCUT2D eigenvalue weighted by Crippen LogP contribution is -2.41. The van der Waals surface area contributed by atoms with E-state index in [-0.39, 0.29) is 6.04 Å². The van der Waals surface area contributed by atoms with Crippen molar-refractivity contribution in [1.29, 1.82) is 0 Å². The highest BCUT2D eigenvalue weighted by Gasteiger charge is 2.38. The number of nitrogens with zero attached hydrogens (tertiary/aromatic N) is 1. The molecule has 1 N–H and O–H groups in total. The Morgan fingerprint density at radius 3 is 1.77 bits per heavy atom. The summed E-state index contributed by atoms with van der Waals surface area (Å²) in [6, 6.07) is 20.2. The summed E-state index contributed by atoms with van der Waals surface area (Å²) in [5, 5.41) is 10.2. The molecule has 0 amide bonds. The molecule has 0 aromatic heterocycles. The summed E-state index contributed by atoms with van der Waals surface area (Å²) >= 11 is 0. The van der Waals surface area contributed by atoms with Crippen LogP contribution >= 0.6 is 0 Å². The van der Waals surface area contributed by atoms with E-state index < -0.39 is 12.3 Å². The van der Waals surface area contributed by atoms with Crippen LogP contribution in [0.5, 0.6) is 0 Å². The molecule has 0 aliphatic heterocycles. The molecule has 1 saturated carbocycles. The predicted octanol–water partition coefficient (Wildman–Crippen LogP) is 3.55. The van der Waals surface area contributed by atoms with Gasteiger partial charge >= 0.3 is 0 Å². The second-order valence-electron chi connectivity index (χ2n) is 6.03. The fraction of sp³-hybridized carbons (Fsp3) is 0.368. The maximum atomic E-state index is 13.7. The maximum Gasteiger partial charge on any atom is 0.127 e. The summed E-state index contributed by atoms with van der Waals surface area (Å²) in [4.78, 5) is 2.20. The molecule has 0 saturated heterocycles. The normalized spacial score (nSPS) is 24.8. The van der Waals surface area contributed by atoms with Crippen LogP contribution in [0.3, 0.4) is 0 Å². The van der Waals surface area contributed by atoms with Gasteiger partial charge in [-0.15, -0.1) is 0 Å². The van der Waals surface area contributed by atoms with E-state index in [1.54, 1.807) is 0 Å². The first kappa shape index (κ1) is 15.2. The summed E-state index contributed by atoms with van der Waals surface area (Å²) in [6.45, 7) is 1.45. The standard InChI is InChI=1S/C19H22FNO/c20-17-11-12-18(19(17)22)21(13-15-7-3-1-4-8-15)14-16-9-5-2-6-10-16/h1-10,17-19,22H,11-14H2/t17-,18+,19?/m0/s1. The van der Waals surface area contributed by atoms with Crippen LogP contribution in [0, 0.1) is 0 Å². The van der Waals surface area contributed by atoms with Gasteiger partial charge in [-0.3, -0.25) is 4.90 Å². The molecule has 116 valence electrons. The van der Waals surface area contributed by atoms with Crippen molar-refractivity contribution in [3.8, 4) is 0 Å². The highest BCUT2D eigenvalue weighted by molar-refractivity contribution is 5.17. The Balaban J connectivity index is 1.79. The molecule has 1 aliphatic carbocycles. The van der Waals surface area contributed by atoms with Crippen molar-refractivity contribution in [2.75, 3.05) is 0 Å². The Labute approximate surface area is 131 Å². The van der Waals surface area contributed by atoms with Crippen molar-refractivity contribution in [2.24, 2.45) is 0 Å². The molecule has 1 fully saturated rings. The van der Waals surface area contributed by atoms with Crippen LogP contribution in [-0.4, -0.2) is 28.3 Å². The van der Waals surface area contributed by atoms with Crippen LogP contribution in [0.2, 0.25) is 0 Å². The first-order chi connectivity index (χ1) is 10.7. The molecular formula is C19H22FNO. The summed E-state index contributed by atoms with van der Waals surface area (Å²) in [6.07, 6.45) is -0.819. The summed E-state index contributed by atoms with van der Waals surface area (Å²) in [7, 11) is 0. The Hall–Kier alpha value is -1.71. The number of aliphatic hydroxyl groups is 1. The van der Waals surface area contributed by atoms with Gasteiger partial charge in [-0.05, 0) is 24.0 Å². The van der Waals surface area contributed by atoms with E-state index >= 15 is 0 Å². The second kappa shape index (κ2) is 7.03. The van der Waals surface area contributed by atoms with Crippen molar-refractivity contribution < 1.29 is 9.50 Å². The molecule has 2 aromatic rings. The van der Waals surface area contributed by atoms with Crippen LogP contribution in [0.4, 0.5) is 4.39 Å². The lowest BCUT2D eigenvalue weighted by atomic mass is 10.1.